The summed E-state index contributed by atoms with van der Waals surface area (Å²) in [5.41, 5.74) is 6.90. The second-order valence-electron chi connectivity index (χ2n) is 5.93. The molecular formula is C17H21N5OS. The number of amides is 1. The molecule has 2 heterocycles. The molecule has 1 saturated heterocycles. The number of rotatable bonds is 5. The van der Waals surface area contributed by atoms with Gasteiger partial charge in [0.05, 0.1) is 5.75 Å². The number of nitrogens with two attached hydrogens (primary N) is 1. The number of benzene rings is 1. The number of carbonyl (C=O) groups is 1. The average Bonchev–Trinajstić information content (AvgIpc) is 2.61. The highest BCUT2D eigenvalue weighted by Gasteiger charge is 2.23. The van der Waals surface area contributed by atoms with Gasteiger partial charge in [-0.05, 0) is 30.7 Å². The van der Waals surface area contributed by atoms with E-state index in [-0.39, 0.29) is 11.9 Å². The van der Waals surface area contributed by atoms with E-state index in [9.17, 15) is 4.79 Å². The number of nitrogens with zero attached hydrogens (tertiary/aromatic N) is 4. The summed E-state index contributed by atoms with van der Waals surface area (Å²) in [6, 6.07) is 10.6. The van der Waals surface area contributed by atoms with Crippen molar-refractivity contribution >= 4 is 23.6 Å². The zero-order valence-corrected chi connectivity index (χ0v) is 14.3. The molecule has 1 aromatic heterocycles. The Morgan fingerprint density at radius 3 is 2.67 bits per heavy atom. The van der Waals surface area contributed by atoms with Crippen LogP contribution in [0.2, 0.25) is 0 Å². The molecule has 0 atom stereocenters. The summed E-state index contributed by atoms with van der Waals surface area (Å²) in [7, 11) is 0. The Bertz CT molecular complexity index is 674. The van der Waals surface area contributed by atoms with Crippen molar-refractivity contribution in [1.29, 1.82) is 0 Å². The molecule has 0 spiro atoms. The molecule has 0 unspecified atom stereocenters. The van der Waals surface area contributed by atoms with E-state index in [0.29, 0.717) is 16.8 Å². The van der Waals surface area contributed by atoms with Gasteiger partial charge in [0.2, 0.25) is 11.9 Å². The Kier molecular flexibility index (Phi) is 5.63. The molecule has 0 aliphatic carbocycles. The number of piperidine rings is 1. The maximum atomic E-state index is 12.3. The van der Waals surface area contributed by atoms with Crippen LogP contribution in [0, 0.1) is 5.92 Å². The highest BCUT2D eigenvalue weighted by atomic mass is 32.2. The minimum Gasteiger partial charge on any atom is -0.368 e. The van der Waals surface area contributed by atoms with E-state index in [1.54, 1.807) is 0 Å². The fourth-order valence-corrected chi connectivity index (χ4v) is 3.63. The molecule has 0 saturated carbocycles. The molecule has 2 N–H and O–H groups in total. The quantitative estimate of drug-likeness (QED) is 0.836. The molecular weight excluding hydrogens is 322 g/mol. The molecule has 126 valence electrons. The van der Waals surface area contributed by atoms with Crippen LogP contribution in [0.4, 0.5) is 5.95 Å². The zero-order chi connectivity index (χ0) is 16.8. The fourth-order valence-electron chi connectivity index (χ4n) is 2.91. The summed E-state index contributed by atoms with van der Waals surface area (Å²) >= 11 is 1.31. The van der Waals surface area contributed by atoms with Crippen LogP contribution < -0.4 is 5.73 Å². The summed E-state index contributed by atoms with van der Waals surface area (Å²) in [6.45, 7) is 1.66. The lowest BCUT2D eigenvalue weighted by molar-refractivity contribution is -0.129. The molecule has 1 fully saturated rings. The normalized spacial score (nSPS) is 15.4. The second kappa shape index (κ2) is 8.10. The van der Waals surface area contributed by atoms with Crippen molar-refractivity contribution in [3.05, 3.63) is 42.2 Å². The number of likely N-dealkylation sites (tertiary alicyclic amines) is 1. The van der Waals surface area contributed by atoms with Crippen molar-refractivity contribution in [2.24, 2.45) is 5.92 Å². The standard InChI is InChI=1S/C17H21N5OS/c18-16-19-12-20-17(21-16)24-11-15(23)22-8-6-14(7-9-22)10-13-4-2-1-3-5-13/h1-5,12,14H,6-11H2,(H2,18,19,20,21). The van der Waals surface area contributed by atoms with Crippen LogP contribution in [0.15, 0.2) is 41.8 Å². The van der Waals surface area contributed by atoms with E-state index in [1.165, 1.54) is 23.7 Å². The summed E-state index contributed by atoms with van der Waals surface area (Å²) in [6.07, 6.45) is 4.58. The number of thioether (sulfide) groups is 1. The number of aromatic nitrogens is 3. The number of hydrogen-bond acceptors (Lipinski definition) is 6. The first kappa shape index (κ1) is 16.7. The minimum atomic E-state index is 0.136. The molecule has 1 aliphatic heterocycles. The van der Waals surface area contributed by atoms with Gasteiger partial charge >= 0.3 is 0 Å². The van der Waals surface area contributed by atoms with Crippen molar-refractivity contribution in [3.8, 4) is 0 Å². The van der Waals surface area contributed by atoms with Crippen LogP contribution in [0.1, 0.15) is 18.4 Å². The maximum absolute atomic E-state index is 12.3. The Morgan fingerprint density at radius 2 is 1.96 bits per heavy atom. The molecule has 0 radical (unpaired) electrons. The number of nitrogen functional groups attached to an aromatic ring is 1. The van der Waals surface area contributed by atoms with Crippen molar-refractivity contribution < 1.29 is 4.79 Å². The van der Waals surface area contributed by atoms with Crippen molar-refractivity contribution in [3.63, 3.8) is 0 Å². The zero-order valence-electron chi connectivity index (χ0n) is 13.5. The summed E-state index contributed by atoms with van der Waals surface area (Å²) in [4.78, 5) is 26.0. The van der Waals surface area contributed by atoms with Crippen LogP contribution in [0.3, 0.4) is 0 Å². The highest BCUT2D eigenvalue weighted by Crippen LogP contribution is 2.22. The predicted molar refractivity (Wildman–Crippen MR) is 94.4 cm³/mol. The van der Waals surface area contributed by atoms with Gasteiger partial charge in [-0.25, -0.2) is 9.97 Å². The number of carbonyl (C=O) groups excluding carboxylic acids is 1. The molecule has 1 amide bonds. The summed E-state index contributed by atoms with van der Waals surface area (Å²) in [5, 5.41) is 0.495. The van der Waals surface area contributed by atoms with Gasteiger partial charge < -0.3 is 10.6 Å². The Balaban J connectivity index is 1.43. The van der Waals surface area contributed by atoms with E-state index in [1.807, 2.05) is 11.0 Å². The van der Waals surface area contributed by atoms with Gasteiger partial charge in [0.25, 0.3) is 0 Å². The van der Waals surface area contributed by atoms with E-state index in [4.69, 9.17) is 5.73 Å². The summed E-state index contributed by atoms with van der Waals surface area (Å²) < 4.78 is 0. The molecule has 6 nitrogen and oxygen atoms in total. The Morgan fingerprint density at radius 1 is 1.21 bits per heavy atom. The van der Waals surface area contributed by atoms with Gasteiger partial charge in [-0.15, -0.1) is 0 Å². The molecule has 7 heteroatoms. The minimum absolute atomic E-state index is 0.136. The topological polar surface area (TPSA) is 85.0 Å². The Hall–Kier alpha value is -2.15. The van der Waals surface area contributed by atoms with Crippen LogP contribution in [-0.2, 0) is 11.2 Å². The maximum Gasteiger partial charge on any atom is 0.233 e. The average molecular weight is 343 g/mol. The van der Waals surface area contributed by atoms with Gasteiger partial charge in [-0.2, -0.15) is 4.98 Å². The van der Waals surface area contributed by atoms with Crippen LogP contribution >= 0.6 is 11.8 Å². The van der Waals surface area contributed by atoms with Gasteiger partial charge in [0, 0.05) is 13.1 Å². The molecule has 3 rings (SSSR count). The fraction of sp³-hybridized carbons (Fsp3) is 0.412. The van der Waals surface area contributed by atoms with Crippen molar-refractivity contribution in [2.45, 2.75) is 24.4 Å². The van der Waals surface area contributed by atoms with E-state index >= 15 is 0 Å². The smallest absolute Gasteiger partial charge is 0.233 e. The van der Waals surface area contributed by atoms with E-state index in [2.05, 4.69) is 39.2 Å². The summed E-state index contributed by atoms with van der Waals surface area (Å²) in [5.74, 6) is 1.32. The van der Waals surface area contributed by atoms with Gasteiger partial charge in [-0.3, -0.25) is 4.79 Å². The lowest BCUT2D eigenvalue weighted by atomic mass is 9.90. The van der Waals surface area contributed by atoms with Crippen LogP contribution in [0.5, 0.6) is 0 Å². The lowest BCUT2D eigenvalue weighted by Gasteiger charge is -2.32. The van der Waals surface area contributed by atoms with Crippen molar-refractivity contribution in [2.75, 3.05) is 24.6 Å². The first-order valence-electron chi connectivity index (χ1n) is 8.10. The third-order valence-electron chi connectivity index (χ3n) is 4.23. The third kappa shape index (κ3) is 4.67. The third-order valence-corrected chi connectivity index (χ3v) is 5.07. The largest absolute Gasteiger partial charge is 0.368 e. The predicted octanol–water partition coefficient (Wildman–Crippen LogP) is 2.03. The monoisotopic (exact) mass is 343 g/mol. The van der Waals surface area contributed by atoms with E-state index < -0.39 is 0 Å². The number of hydrogen-bond donors (Lipinski definition) is 1. The van der Waals surface area contributed by atoms with Gasteiger partial charge in [0.15, 0.2) is 5.16 Å². The van der Waals surface area contributed by atoms with Crippen LogP contribution in [0.25, 0.3) is 0 Å². The first-order chi connectivity index (χ1) is 11.7. The number of anilines is 1. The van der Waals surface area contributed by atoms with Crippen molar-refractivity contribution in [1.82, 2.24) is 19.9 Å². The van der Waals surface area contributed by atoms with Gasteiger partial charge in [0.1, 0.15) is 6.33 Å². The van der Waals surface area contributed by atoms with E-state index in [0.717, 1.165) is 32.4 Å². The molecule has 1 aliphatic rings. The Labute approximate surface area is 145 Å². The molecule has 24 heavy (non-hydrogen) atoms. The first-order valence-corrected chi connectivity index (χ1v) is 9.08. The molecule has 0 bridgehead atoms. The van der Waals surface area contributed by atoms with Gasteiger partial charge in [-0.1, -0.05) is 42.1 Å². The van der Waals surface area contributed by atoms with Crippen LogP contribution in [-0.4, -0.2) is 44.6 Å². The highest BCUT2D eigenvalue weighted by molar-refractivity contribution is 7.99. The SMILES string of the molecule is Nc1ncnc(SCC(=O)N2CCC(Cc3ccccc3)CC2)n1. The lowest BCUT2D eigenvalue weighted by Crippen LogP contribution is -2.39. The second-order valence-corrected chi connectivity index (χ2v) is 6.87. The molecule has 2 aromatic rings. The molecule has 1 aromatic carbocycles.